The molecule has 0 saturated heterocycles. The standard InChI is InChI=1S/C16H17N3O2/c1-21-12-6-4-5-11(9-12)18-16(20)15-10-17-13-7-2-3-8-14(13)19-15/h2-9,15,17,19H,10H2,1H3,(H,18,20). The van der Waals surface area contributed by atoms with Crippen LogP contribution < -0.4 is 20.7 Å². The highest BCUT2D eigenvalue weighted by molar-refractivity contribution is 5.98. The molecule has 1 atom stereocenters. The number of fused-ring (bicyclic) bond motifs is 1. The van der Waals surface area contributed by atoms with Gasteiger partial charge in [-0.05, 0) is 24.3 Å². The third-order valence-corrected chi connectivity index (χ3v) is 3.41. The van der Waals surface area contributed by atoms with E-state index in [-0.39, 0.29) is 11.9 Å². The number of hydrogen-bond donors (Lipinski definition) is 3. The number of anilines is 3. The molecule has 1 amide bonds. The summed E-state index contributed by atoms with van der Waals surface area (Å²) >= 11 is 0. The zero-order chi connectivity index (χ0) is 14.7. The number of rotatable bonds is 3. The molecule has 0 radical (unpaired) electrons. The lowest BCUT2D eigenvalue weighted by atomic mass is 10.1. The van der Waals surface area contributed by atoms with Gasteiger partial charge in [-0.3, -0.25) is 4.79 Å². The zero-order valence-electron chi connectivity index (χ0n) is 11.7. The van der Waals surface area contributed by atoms with Gasteiger partial charge in [0.1, 0.15) is 11.8 Å². The van der Waals surface area contributed by atoms with Crippen molar-refractivity contribution >= 4 is 23.0 Å². The summed E-state index contributed by atoms with van der Waals surface area (Å²) in [6.45, 7) is 0.548. The van der Waals surface area contributed by atoms with E-state index in [0.29, 0.717) is 12.3 Å². The van der Waals surface area contributed by atoms with Crippen LogP contribution in [0, 0.1) is 0 Å². The summed E-state index contributed by atoms with van der Waals surface area (Å²) < 4.78 is 5.15. The van der Waals surface area contributed by atoms with Crippen molar-refractivity contribution in [3.05, 3.63) is 48.5 Å². The number of benzene rings is 2. The molecular formula is C16H17N3O2. The van der Waals surface area contributed by atoms with Crippen LogP contribution in [0.4, 0.5) is 17.1 Å². The number of carbonyl (C=O) groups is 1. The molecule has 5 nitrogen and oxygen atoms in total. The fourth-order valence-electron chi connectivity index (χ4n) is 2.30. The summed E-state index contributed by atoms with van der Waals surface area (Å²) in [5.74, 6) is 0.637. The first-order chi connectivity index (χ1) is 10.3. The fourth-order valence-corrected chi connectivity index (χ4v) is 2.30. The second-order valence-corrected chi connectivity index (χ2v) is 4.84. The molecule has 0 bridgehead atoms. The van der Waals surface area contributed by atoms with Gasteiger partial charge in [-0.15, -0.1) is 0 Å². The molecule has 1 heterocycles. The molecule has 2 aromatic rings. The van der Waals surface area contributed by atoms with Crippen LogP contribution >= 0.6 is 0 Å². The van der Waals surface area contributed by atoms with Crippen molar-refractivity contribution in [3.63, 3.8) is 0 Å². The maximum absolute atomic E-state index is 12.3. The van der Waals surface area contributed by atoms with Crippen molar-refractivity contribution in [2.24, 2.45) is 0 Å². The highest BCUT2D eigenvalue weighted by atomic mass is 16.5. The van der Waals surface area contributed by atoms with Crippen LogP contribution in [0.25, 0.3) is 0 Å². The number of hydrogen-bond acceptors (Lipinski definition) is 4. The van der Waals surface area contributed by atoms with Crippen molar-refractivity contribution in [3.8, 4) is 5.75 Å². The third-order valence-electron chi connectivity index (χ3n) is 3.41. The van der Waals surface area contributed by atoms with Gasteiger partial charge in [0.15, 0.2) is 0 Å². The van der Waals surface area contributed by atoms with Crippen LogP contribution in [-0.2, 0) is 4.79 Å². The van der Waals surface area contributed by atoms with Gasteiger partial charge in [-0.1, -0.05) is 18.2 Å². The van der Waals surface area contributed by atoms with Crippen LogP contribution in [0.1, 0.15) is 0 Å². The maximum Gasteiger partial charge on any atom is 0.248 e. The van der Waals surface area contributed by atoms with Crippen LogP contribution in [-0.4, -0.2) is 25.6 Å². The van der Waals surface area contributed by atoms with Crippen molar-refractivity contribution in [1.29, 1.82) is 0 Å². The Bertz CT molecular complexity index is 657. The summed E-state index contributed by atoms with van der Waals surface area (Å²) in [4.78, 5) is 12.3. The van der Waals surface area contributed by atoms with E-state index in [2.05, 4.69) is 16.0 Å². The SMILES string of the molecule is COc1cccc(NC(=O)C2CNc3ccccc3N2)c1. The maximum atomic E-state index is 12.3. The molecule has 5 heteroatoms. The highest BCUT2D eigenvalue weighted by Crippen LogP contribution is 2.25. The molecule has 0 aromatic heterocycles. The van der Waals surface area contributed by atoms with Gasteiger partial charge in [-0.25, -0.2) is 0 Å². The Hall–Kier alpha value is -2.69. The number of ether oxygens (including phenoxy) is 1. The lowest BCUT2D eigenvalue weighted by molar-refractivity contribution is -0.116. The van der Waals surface area contributed by atoms with Crippen molar-refractivity contribution in [2.75, 3.05) is 29.6 Å². The fraction of sp³-hybridized carbons (Fsp3) is 0.188. The Morgan fingerprint density at radius 2 is 2.00 bits per heavy atom. The number of carbonyl (C=O) groups excluding carboxylic acids is 1. The van der Waals surface area contributed by atoms with Crippen LogP contribution in [0.3, 0.4) is 0 Å². The summed E-state index contributed by atoms with van der Waals surface area (Å²) in [5.41, 5.74) is 2.68. The Morgan fingerprint density at radius 3 is 2.81 bits per heavy atom. The minimum absolute atomic E-state index is 0.0785. The van der Waals surface area contributed by atoms with E-state index in [9.17, 15) is 4.79 Å². The molecule has 0 fully saturated rings. The van der Waals surface area contributed by atoms with E-state index in [1.807, 2.05) is 42.5 Å². The van der Waals surface area contributed by atoms with Crippen molar-refractivity contribution < 1.29 is 9.53 Å². The van der Waals surface area contributed by atoms with Gasteiger partial charge in [-0.2, -0.15) is 0 Å². The minimum Gasteiger partial charge on any atom is -0.497 e. The summed E-state index contributed by atoms with van der Waals surface area (Å²) in [7, 11) is 1.60. The molecule has 0 saturated carbocycles. The first-order valence-corrected chi connectivity index (χ1v) is 6.80. The van der Waals surface area contributed by atoms with E-state index < -0.39 is 0 Å². The molecule has 0 spiro atoms. The van der Waals surface area contributed by atoms with Gasteiger partial charge in [0.05, 0.1) is 18.5 Å². The quantitative estimate of drug-likeness (QED) is 0.810. The molecule has 3 rings (SSSR count). The normalized spacial score (nSPS) is 16.1. The predicted octanol–water partition coefficient (Wildman–Crippen LogP) is 2.54. The second-order valence-electron chi connectivity index (χ2n) is 4.84. The molecule has 0 aliphatic carbocycles. The minimum atomic E-state index is -0.314. The smallest absolute Gasteiger partial charge is 0.248 e. The topological polar surface area (TPSA) is 62.4 Å². The molecule has 3 N–H and O–H groups in total. The Labute approximate surface area is 123 Å². The Morgan fingerprint density at radius 1 is 1.19 bits per heavy atom. The zero-order valence-corrected chi connectivity index (χ0v) is 11.7. The molecule has 108 valence electrons. The molecule has 1 unspecified atom stereocenters. The first kappa shape index (κ1) is 13.3. The van der Waals surface area contributed by atoms with Crippen LogP contribution in [0.5, 0.6) is 5.75 Å². The van der Waals surface area contributed by atoms with Gasteiger partial charge in [0, 0.05) is 18.3 Å². The second kappa shape index (κ2) is 5.75. The summed E-state index contributed by atoms with van der Waals surface area (Å²) in [6.07, 6.45) is 0. The van der Waals surface area contributed by atoms with Crippen molar-refractivity contribution in [2.45, 2.75) is 6.04 Å². The number of nitrogens with one attached hydrogen (secondary N) is 3. The summed E-state index contributed by atoms with van der Waals surface area (Å²) in [6, 6.07) is 14.8. The monoisotopic (exact) mass is 283 g/mol. The Balaban J connectivity index is 1.69. The lowest BCUT2D eigenvalue weighted by Crippen LogP contribution is -2.42. The van der Waals surface area contributed by atoms with Crippen LogP contribution in [0.2, 0.25) is 0 Å². The predicted molar refractivity (Wildman–Crippen MR) is 84.0 cm³/mol. The molecule has 1 aliphatic rings. The van der Waals surface area contributed by atoms with Gasteiger partial charge in [0.2, 0.25) is 5.91 Å². The summed E-state index contributed by atoms with van der Waals surface area (Å²) in [5, 5.41) is 9.39. The van der Waals surface area contributed by atoms with E-state index >= 15 is 0 Å². The van der Waals surface area contributed by atoms with E-state index in [1.165, 1.54) is 0 Å². The lowest BCUT2D eigenvalue weighted by Gasteiger charge is -2.27. The first-order valence-electron chi connectivity index (χ1n) is 6.80. The average molecular weight is 283 g/mol. The number of amides is 1. The van der Waals surface area contributed by atoms with E-state index in [0.717, 1.165) is 17.1 Å². The van der Waals surface area contributed by atoms with Crippen molar-refractivity contribution in [1.82, 2.24) is 0 Å². The Kier molecular flexibility index (Phi) is 3.64. The van der Waals surface area contributed by atoms with E-state index in [4.69, 9.17) is 4.74 Å². The van der Waals surface area contributed by atoms with Gasteiger partial charge < -0.3 is 20.7 Å². The van der Waals surface area contributed by atoms with E-state index in [1.54, 1.807) is 13.2 Å². The number of methoxy groups -OCH3 is 1. The van der Waals surface area contributed by atoms with Crippen LogP contribution in [0.15, 0.2) is 48.5 Å². The third kappa shape index (κ3) is 2.91. The number of para-hydroxylation sites is 2. The average Bonchev–Trinajstić information content (AvgIpc) is 2.54. The molecular weight excluding hydrogens is 266 g/mol. The van der Waals surface area contributed by atoms with Gasteiger partial charge >= 0.3 is 0 Å². The molecule has 21 heavy (non-hydrogen) atoms. The largest absolute Gasteiger partial charge is 0.497 e. The highest BCUT2D eigenvalue weighted by Gasteiger charge is 2.23. The molecule has 1 aliphatic heterocycles. The van der Waals surface area contributed by atoms with Gasteiger partial charge in [0.25, 0.3) is 0 Å². The molecule has 2 aromatic carbocycles.